The SMILES string of the molecule is CN=C(NCC(=O)NC(C)(C)C)NCc1ccc(C(N)=O)cc1.I. The van der Waals surface area contributed by atoms with Gasteiger partial charge in [-0.3, -0.25) is 14.6 Å². The van der Waals surface area contributed by atoms with E-state index in [1.165, 1.54) is 0 Å². The number of nitrogens with zero attached hydrogens (tertiary/aromatic N) is 1. The van der Waals surface area contributed by atoms with Gasteiger partial charge in [-0.2, -0.15) is 0 Å². The summed E-state index contributed by atoms with van der Waals surface area (Å²) in [5.74, 6) is -0.0360. The Morgan fingerprint density at radius 2 is 1.71 bits per heavy atom. The smallest absolute Gasteiger partial charge is 0.248 e. The van der Waals surface area contributed by atoms with Crippen LogP contribution in [0.4, 0.5) is 0 Å². The monoisotopic (exact) mass is 447 g/mol. The van der Waals surface area contributed by atoms with Crippen molar-refractivity contribution in [3.8, 4) is 0 Å². The predicted octanol–water partition coefficient (Wildman–Crippen LogP) is 0.983. The molecule has 0 aromatic heterocycles. The quantitative estimate of drug-likeness (QED) is 0.307. The molecule has 0 atom stereocenters. The number of guanidine groups is 1. The van der Waals surface area contributed by atoms with Gasteiger partial charge in [0.1, 0.15) is 0 Å². The van der Waals surface area contributed by atoms with Crippen molar-refractivity contribution in [2.45, 2.75) is 32.9 Å². The zero-order valence-corrected chi connectivity index (χ0v) is 16.8. The molecule has 0 aliphatic rings. The first-order valence-electron chi connectivity index (χ1n) is 7.35. The molecule has 134 valence electrons. The second-order valence-corrected chi connectivity index (χ2v) is 6.14. The fraction of sp³-hybridized carbons (Fsp3) is 0.438. The summed E-state index contributed by atoms with van der Waals surface area (Å²) in [5.41, 5.74) is 6.37. The summed E-state index contributed by atoms with van der Waals surface area (Å²) in [6, 6.07) is 6.97. The van der Waals surface area contributed by atoms with E-state index >= 15 is 0 Å². The zero-order valence-electron chi connectivity index (χ0n) is 14.5. The van der Waals surface area contributed by atoms with Crippen LogP contribution in [0.15, 0.2) is 29.3 Å². The Morgan fingerprint density at radius 1 is 1.12 bits per heavy atom. The lowest BCUT2D eigenvalue weighted by molar-refractivity contribution is -0.121. The molecule has 0 spiro atoms. The number of rotatable bonds is 5. The van der Waals surface area contributed by atoms with Gasteiger partial charge < -0.3 is 21.7 Å². The van der Waals surface area contributed by atoms with Gasteiger partial charge in [-0.25, -0.2) is 0 Å². The number of primary amides is 1. The second-order valence-electron chi connectivity index (χ2n) is 6.14. The molecule has 2 amide bonds. The van der Waals surface area contributed by atoms with E-state index in [0.29, 0.717) is 18.1 Å². The molecular formula is C16H26IN5O2. The lowest BCUT2D eigenvalue weighted by atomic mass is 10.1. The van der Waals surface area contributed by atoms with Gasteiger partial charge in [0.2, 0.25) is 11.8 Å². The number of hydrogen-bond donors (Lipinski definition) is 4. The number of benzene rings is 1. The van der Waals surface area contributed by atoms with Crippen LogP contribution in [-0.4, -0.2) is 36.9 Å². The van der Waals surface area contributed by atoms with Crippen LogP contribution in [0.25, 0.3) is 0 Å². The molecule has 1 rings (SSSR count). The van der Waals surface area contributed by atoms with E-state index in [1.54, 1.807) is 19.2 Å². The molecule has 0 saturated heterocycles. The van der Waals surface area contributed by atoms with Gasteiger partial charge in [0.25, 0.3) is 0 Å². The topological polar surface area (TPSA) is 109 Å². The van der Waals surface area contributed by atoms with Crippen LogP contribution in [0.5, 0.6) is 0 Å². The molecule has 0 heterocycles. The van der Waals surface area contributed by atoms with Crippen molar-refractivity contribution in [1.29, 1.82) is 0 Å². The van der Waals surface area contributed by atoms with Crippen LogP contribution in [0.2, 0.25) is 0 Å². The molecule has 0 radical (unpaired) electrons. The van der Waals surface area contributed by atoms with E-state index < -0.39 is 5.91 Å². The van der Waals surface area contributed by atoms with Crippen LogP contribution in [-0.2, 0) is 11.3 Å². The minimum Gasteiger partial charge on any atom is -0.366 e. The van der Waals surface area contributed by atoms with Crippen molar-refractivity contribution < 1.29 is 9.59 Å². The molecule has 8 heteroatoms. The maximum atomic E-state index is 11.8. The van der Waals surface area contributed by atoms with Gasteiger partial charge in [0.15, 0.2) is 5.96 Å². The number of aliphatic imine (C=N–C) groups is 1. The Balaban J connectivity index is 0.00000529. The van der Waals surface area contributed by atoms with E-state index in [1.807, 2.05) is 32.9 Å². The highest BCUT2D eigenvalue weighted by Gasteiger charge is 2.13. The lowest BCUT2D eigenvalue weighted by Crippen LogP contribution is -2.48. The molecule has 5 N–H and O–H groups in total. The van der Waals surface area contributed by atoms with Crippen LogP contribution in [0.3, 0.4) is 0 Å². The predicted molar refractivity (Wildman–Crippen MR) is 106 cm³/mol. The molecular weight excluding hydrogens is 421 g/mol. The molecule has 0 unspecified atom stereocenters. The number of carbonyl (C=O) groups is 2. The summed E-state index contributed by atoms with van der Waals surface area (Å²) < 4.78 is 0. The van der Waals surface area contributed by atoms with E-state index in [0.717, 1.165) is 5.56 Å². The first-order chi connectivity index (χ1) is 10.7. The van der Waals surface area contributed by atoms with Gasteiger partial charge in [0, 0.05) is 24.7 Å². The number of amides is 2. The largest absolute Gasteiger partial charge is 0.366 e. The standard InChI is InChI=1S/C16H25N5O2.HI/c1-16(2,3)21-13(22)10-20-15(18-4)19-9-11-5-7-12(8-6-11)14(17)23;/h5-8H,9-10H2,1-4H3,(H2,17,23)(H,21,22)(H2,18,19,20);1H. The molecule has 1 aromatic carbocycles. The molecule has 0 fully saturated rings. The Bertz CT molecular complexity index is 579. The van der Waals surface area contributed by atoms with E-state index in [-0.39, 0.29) is 42.0 Å². The Morgan fingerprint density at radius 3 is 2.17 bits per heavy atom. The van der Waals surface area contributed by atoms with Gasteiger partial charge in [-0.05, 0) is 38.5 Å². The van der Waals surface area contributed by atoms with Gasteiger partial charge in [-0.15, -0.1) is 24.0 Å². The molecule has 1 aromatic rings. The molecule has 7 nitrogen and oxygen atoms in total. The number of nitrogens with two attached hydrogens (primary N) is 1. The van der Waals surface area contributed by atoms with E-state index in [2.05, 4.69) is 20.9 Å². The van der Waals surface area contributed by atoms with Crippen LogP contribution in [0.1, 0.15) is 36.7 Å². The first-order valence-corrected chi connectivity index (χ1v) is 7.35. The normalized spacial score (nSPS) is 11.2. The third kappa shape index (κ3) is 8.70. The zero-order chi connectivity index (χ0) is 17.5. The average molecular weight is 447 g/mol. The Hall–Kier alpha value is -1.84. The van der Waals surface area contributed by atoms with Crippen molar-refractivity contribution in [2.75, 3.05) is 13.6 Å². The third-order valence-corrected chi connectivity index (χ3v) is 2.85. The number of hydrogen-bond acceptors (Lipinski definition) is 3. The molecule has 0 aliphatic heterocycles. The minimum atomic E-state index is -0.452. The Labute approximate surface area is 159 Å². The van der Waals surface area contributed by atoms with Gasteiger partial charge in [0.05, 0.1) is 6.54 Å². The van der Waals surface area contributed by atoms with Crippen molar-refractivity contribution in [3.05, 3.63) is 35.4 Å². The highest BCUT2D eigenvalue weighted by atomic mass is 127. The van der Waals surface area contributed by atoms with Crippen LogP contribution >= 0.6 is 24.0 Å². The second kappa shape index (κ2) is 10.1. The number of carbonyl (C=O) groups excluding carboxylic acids is 2. The summed E-state index contributed by atoms with van der Waals surface area (Å²) in [7, 11) is 1.63. The maximum absolute atomic E-state index is 11.8. The fourth-order valence-electron chi connectivity index (χ4n) is 1.82. The van der Waals surface area contributed by atoms with Crippen LogP contribution in [0, 0.1) is 0 Å². The first kappa shape index (κ1) is 22.2. The van der Waals surface area contributed by atoms with E-state index in [9.17, 15) is 9.59 Å². The summed E-state index contributed by atoms with van der Waals surface area (Å²) in [6.45, 7) is 6.42. The molecule has 0 bridgehead atoms. The summed E-state index contributed by atoms with van der Waals surface area (Å²) in [5, 5.41) is 8.90. The van der Waals surface area contributed by atoms with Crippen molar-refractivity contribution in [2.24, 2.45) is 10.7 Å². The summed E-state index contributed by atoms with van der Waals surface area (Å²) in [4.78, 5) is 26.8. The van der Waals surface area contributed by atoms with E-state index in [4.69, 9.17) is 5.73 Å². The fourth-order valence-corrected chi connectivity index (χ4v) is 1.82. The minimum absolute atomic E-state index is 0. The van der Waals surface area contributed by atoms with Gasteiger partial charge >= 0.3 is 0 Å². The van der Waals surface area contributed by atoms with Crippen molar-refractivity contribution >= 4 is 41.8 Å². The number of halogens is 1. The highest BCUT2D eigenvalue weighted by molar-refractivity contribution is 14.0. The van der Waals surface area contributed by atoms with Crippen LogP contribution < -0.4 is 21.7 Å². The number of nitrogens with one attached hydrogen (secondary N) is 3. The lowest BCUT2D eigenvalue weighted by Gasteiger charge is -2.21. The molecule has 0 aliphatic carbocycles. The average Bonchev–Trinajstić information content (AvgIpc) is 2.46. The van der Waals surface area contributed by atoms with Gasteiger partial charge in [-0.1, -0.05) is 12.1 Å². The van der Waals surface area contributed by atoms with Crippen molar-refractivity contribution in [3.63, 3.8) is 0 Å². The molecule has 24 heavy (non-hydrogen) atoms. The molecule has 0 saturated carbocycles. The summed E-state index contributed by atoms with van der Waals surface area (Å²) >= 11 is 0. The Kier molecular flexibility index (Phi) is 9.34. The van der Waals surface area contributed by atoms with Crippen molar-refractivity contribution in [1.82, 2.24) is 16.0 Å². The maximum Gasteiger partial charge on any atom is 0.248 e. The third-order valence-electron chi connectivity index (χ3n) is 2.85. The highest BCUT2D eigenvalue weighted by Crippen LogP contribution is 2.03. The summed E-state index contributed by atoms with van der Waals surface area (Å²) in [6.07, 6.45) is 0.